The standard InChI is InChI=1S/C14H14ClN3O/c1-3-14(19)17(2)9-11-8-16-18(10-11)13-6-4-5-12(15)7-13/h3-8,10H,1,9H2,2H3. The lowest BCUT2D eigenvalue weighted by atomic mass is 10.3. The van der Waals surface area contributed by atoms with E-state index in [9.17, 15) is 4.79 Å². The Morgan fingerprint density at radius 1 is 1.58 bits per heavy atom. The fourth-order valence-electron chi connectivity index (χ4n) is 1.71. The average molecular weight is 276 g/mol. The van der Waals surface area contributed by atoms with Gasteiger partial charge in [0.25, 0.3) is 0 Å². The molecular formula is C14H14ClN3O. The van der Waals surface area contributed by atoms with E-state index < -0.39 is 0 Å². The second-order valence-corrected chi connectivity index (χ2v) is 4.61. The summed E-state index contributed by atoms with van der Waals surface area (Å²) in [5, 5.41) is 4.92. The van der Waals surface area contributed by atoms with Crippen molar-refractivity contribution in [3.63, 3.8) is 0 Å². The van der Waals surface area contributed by atoms with Crippen LogP contribution in [0.2, 0.25) is 5.02 Å². The van der Waals surface area contributed by atoms with Crippen LogP contribution >= 0.6 is 11.6 Å². The van der Waals surface area contributed by atoms with Gasteiger partial charge in [-0.05, 0) is 24.3 Å². The summed E-state index contributed by atoms with van der Waals surface area (Å²) in [6.07, 6.45) is 4.90. The summed E-state index contributed by atoms with van der Waals surface area (Å²) in [4.78, 5) is 13.0. The number of benzene rings is 1. The molecule has 0 spiro atoms. The Hall–Kier alpha value is -2.07. The van der Waals surface area contributed by atoms with Crippen molar-refractivity contribution in [3.05, 3.63) is 59.9 Å². The minimum atomic E-state index is -0.115. The quantitative estimate of drug-likeness (QED) is 0.805. The molecule has 0 N–H and O–H groups in total. The van der Waals surface area contributed by atoms with E-state index in [1.165, 1.54) is 6.08 Å². The summed E-state index contributed by atoms with van der Waals surface area (Å²) in [7, 11) is 1.72. The molecule has 19 heavy (non-hydrogen) atoms. The van der Waals surface area contributed by atoms with E-state index >= 15 is 0 Å². The lowest BCUT2D eigenvalue weighted by Crippen LogP contribution is -2.23. The molecule has 0 aliphatic rings. The van der Waals surface area contributed by atoms with E-state index in [-0.39, 0.29) is 5.91 Å². The molecule has 1 aromatic carbocycles. The zero-order valence-corrected chi connectivity index (χ0v) is 11.3. The first-order valence-electron chi connectivity index (χ1n) is 5.77. The van der Waals surface area contributed by atoms with E-state index in [4.69, 9.17) is 11.6 Å². The van der Waals surface area contributed by atoms with Gasteiger partial charge in [-0.3, -0.25) is 4.79 Å². The molecule has 1 heterocycles. The number of nitrogens with zero attached hydrogens (tertiary/aromatic N) is 3. The van der Waals surface area contributed by atoms with Crippen LogP contribution in [0.25, 0.3) is 5.69 Å². The van der Waals surface area contributed by atoms with Crippen molar-refractivity contribution in [1.82, 2.24) is 14.7 Å². The number of rotatable bonds is 4. The topological polar surface area (TPSA) is 38.1 Å². The monoisotopic (exact) mass is 275 g/mol. The number of aromatic nitrogens is 2. The van der Waals surface area contributed by atoms with E-state index in [2.05, 4.69) is 11.7 Å². The molecular weight excluding hydrogens is 262 g/mol. The molecule has 0 bridgehead atoms. The number of carbonyl (C=O) groups excluding carboxylic acids is 1. The predicted octanol–water partition coefficient (Wildman–Crippen LogP) is 2.67. The highest BCUT2D eigenvalue weighted by Crippen LogP contribution is 2.15. The molecule has 5 heteroatoms. The molecule has 0 aliphatic heterocycles. The molecule has 0 unspecified atom stereocenters. The minimum Gasteiger partial charge on any atom is -0.338 e. The van der Waals surface area contributed by atoms with Crippen LogP contribution in [0.4, 0.5) is 0 Å². The van der Waals surface area contributed by atoms with Gasteiger partial charge in [0.1, 0.15) is 0 Å². The number of halogens is 1. The first kappa shape index (κ1) is 13.4. The first-order valence-corrected chi connectivity index (χ1v) is 6.15. The fourth-order valence-corrected chi connectivity index (χ4v) is 1.89. The van der Waals surface area contributed by atoms with Gasteiger partial charge in [-0.15, -0.1) is 0 Å². The molecule has 0 saturated heterocycles. The summed E-state index contributed by atoms with van der Waals surface area (Å²) in [5.74, 6) is -0.115. The van der Waals surface area contributed by atoms with E-state index in [0.29, 0.717) is 11.6 Å². The van der Waals surface area contributed by atoms with Crippen molar-refractivity contribution in [3.8, 4) is 5.69 Å². The average Bonchev–Trinajstić information content (AvgIpc) is 2.86. The van der Waals surface area contributed by atoms with Crippen molar-refractivity contribution < 1.29 is 4.79 Å². The van der Waals surface area contributed by atoms with Gasteiger partial charge in [0.15, 0.2) is 0 Å². The Labute approximate surface area is 116 Å². The van der Waals surface area contributed by atoms with E-state index in [0.717, 1.165) is 11.3 Å². The fraction of sp³-hybridized carbons (Fsp3) is 0.143. The number of hydrogen-bond donors (Lipinski definition) is 0. The van der Waals surface area contributed by atoms with Crippen LogP contribution in [0.1, 0.15) is 5.56 Å². The molecule has 1 aromatic heterocycles. The Morgan fingerprint density at radius 3 is 3.05 bits per heavy atom. The maximum Gasteiger partial charge on any atom is 0.245 e. The lowest BCUT2D eigenvalue weighted by Gasteiger charge is -2.13. The summed E-state index contributed by atoms with van der Waals surface area (Å²) >= 11 is 5.94. The van der Waals surface area contributed by atoms with Crippen LogP contribution in [0.15, 0.2) is 49.3 Å². The molecule has 98 valence electrons. The molecule has 2 rings (SSSR count). The first-order chi connectivity index (χ1) is 9.10. The third-order valence-corrected chi connectivity index (χ3v) is 2.91. The van der Waals surface area contributed by atoms with Gasteiger partial charge in [0, 0.05) is 30.4 Å². The molecule has 0 radical (unpaired) electrons. The third kappa shape index (κ3) is 3.23. The van der Waals surface area contributed by atoms with Crippen molar-refractivity contribution in [2.45, 2.75) is 6.54 Å². The highest BCUT2D eigenvalue weighted by Gasteiger charge is 2.07. The number of likely N-dealkylation sites (N-methyl/N-ethyl adjacent to an activating group) is 1. The van der Waals surface area contributed by atoms with Crippen LogP contribution in [-0.2, 0) is 11.3 Å². The minimum absolute atomic E-state index is 0.115. The third-order valence-electron chi connectivity index (χ3n) is 2.68. The zero-order valence-electron chi connectivity index (χ0n) is 10.6. The SMILES string of the molecule is C=CC(=O)N(C)Cc1cnn(-c2cccc(Cl)c2)c1. The Morgan fingerprint density at radius 2 is 2.37 bits per heavy atom. The number of carbonyl (C=O) groups is 1. The Bertz CT molecular complexity index is 606. The molecule has 0 atom stereocenters. The summed E-state index contributed by atoms with van der Waals surface area (Å²) in [6.45, 7) is 3.95. The number of amides is 1. The second kappa shape index (κ2) is 5.71. The molecule has 0 aliphatic carbocycles. The Balaban J connectivity index is 2.15. The summed E-state index contributed by atoms with van der Waals surface area (Å²) < 4.78 is 1.73. The van der Waals surface area contributed by atoms with Crippen LogP contribution in [0, 0.1) is 0 Å². The normalized spacial score (nSPS) is 10.2. The van der Waals surface area contributed by atoms with Crippen LogP contribution in [0.3, 0.4) is 0 Å². The van der Waals surface area contributed by atoms with Gasteiger partial charge < -0.3 is 4.90 Å². The van der Waals surface area contributed by atoms with Crippen LogP contribution in [0.5, 0.6) is 0 Å². The largest absolute Gasteiger partial charge is 0.338 e. The van der Waals surface area contributed by atoms with Gasteiger partial charge in [-0.25, -0.2) is 4.68 Å². The highest BCUT2D eigenvalue weighted by atomic mass is 35.5. The molecule has 4 nitrogen and oxygen atoms in total. The smallest absolute Gasteiger partial charge is 0.245 e. The number of hydrogen-bond acceptors (Lipinski definition) is 2. The second-order valence-electron chi connectivity index (χ2n) is 4.17. The molecule has 0 saturated carbocycles. The molecule has 1 amide bonds. The van der Waals surface area contributed by atoms with Crippen molar-refractivity contribution >= 4 is 17.5 Å². The molecule has 0 fully saturated rings. The highest BCUT2D eigenvalue weighted by molar-refractivity contribution is 6.30. The summed E-state index contributed by atoms with van der Waals surface area (Å²) in [5.41, 5.74) is 1.83. The molecule has 2 aromatic rings. The van der Waals surface area contributed by atoms with Gasteiger partial charge in [-0.2, -0.15) is 5.10 Å². The van der Waals surface area contributed by atoms with Crippen molar-refractivity contribution in [1.29, 1.82) is 0 Å². The predicted molar refractivity (Wildman–Crippen MR) is 75.2 cm³/mol. The van der Waals surface area contributed by atoms with Crippen molar-refractivity contribution in [2.24, 2.45) is 0 Å². The zero-order chi connectivity index (χ0) is 13.8. The van der Waals surface area contributed by atoms with Crippen LogP contribution < -0.4 is 0 Å². The maximum absolute atomic E-state index is 11.4. The lowest BCUT2D eigenvalue weighted by molar-refractivity contribution is -0.125. The van der Waals surface area contributed by atoms with Crippen molar-refractivity contribution in [2.75, 3.05) is 7.05 Å². The Kier molecular flexibility index (Phi) is 4.02. The van der Waals surface area contributed by atoms with E-state index in [1.807, 2.05) is 30.5 Å². The maximum atomic E-state index is 11.4. The van der Waals surface area contributed by atoms with Gasteiger partial charge >= 0.3 is 0 Å². The summed E-state index contributed by atoms with van der Waals surface area (Å²) in [6, 6.07) is 7.43. The van der Waals surface area contributed by atoms with Crippen LogP contribution in [-0.4, -0.2) is 27.6 Å². The van der Waals surface area contributed by atoms with Gasteiger partial charge in [0.2, 0.25) is 5.91 Å². The van der Waals surface area contributed by atoms with Gasteiger partial charge in [0.05, 0.1) is 11.9 Å². The van der Waals surface area contributed by atoms with Gasteiger partial charge in [-0.1, -0.05) is 24.2 Å². The van der Waals surface area contributed by atoms with E-state index in [1.54, 1.807) is 22.8 Å².